The highest BCUT2D eigenvalue weighted by Crippen LogP contribution is 1.98. The van der Waals surface area contributed by atoms with Gasteiger partial charge in [-0.15, -0.1) is 12.3 Å². The quantitative estimate of drug-likeness (QED) is 0.320. The van der Waals surface area contributed by atoms with E-state index in [4.69, 9.17) is 15.3 Å². The molecule has 0 aliphatic heterocycles. The van der Waals surface area contributed by atoms with Gasteiger partial charge in [-0.05, 0) is 0 Å². The zero-order valence-electron chi connectivity index (χ0n) is 4.54. The van der Waals surface area contributed by atoms with E-state index in [1.165, 1.54) is 0 Å². The predicted molar refractivity (Wildman–Crippen MR) is 32.9 cm³/mol. The van der Waals surface area contributed by atoms with Crippen LogP contribution in [-0.2, 0) is 0 Å². The minimum absolute atomic E-state index is 0.0521. The van der Waals surface area contributed by atoms with Gasteiger partial charge in [-0.3, -0.25) is 0 Å². The van der Waals surface area contributed by atoms with Crippen LogP contribution in [0.2, 0.25) is 6.04 Å². The lowest BCUT2D eigenvalue weighted by atomic mass is 10.7. The lowest BCUT2D eigenvalue weighted by Gasteiger charge is -2.10. The molecular formula is C4H10O3Si. The highest BCUT2D eigenvalue weighted by Gasteiger charge is 2.15. The third kappa shape index (κ3) is 5.84. The Bertz CT molecular complexity index is 75.8. The lowest BCUT2D eigenvalue weighted by Crippen LogP contribution is -2.27. The Morgan fingerprint density at radius 3 is 2.12 bits per heavy atom. The SMILES string of the molecule is C=C[SiH2]CC(O)(O)O. The summed E-state index contributed by atoms with van der Waals surface area (Å²) in [4.78, 5) is 0. The van der Waals surface area contributed by atoms with E-state index >= 15 is 0 Å². The predicted octanol–water partition coefficient (Wildman–Crippen LogP) is -1.65. The van der Waals surface area contributed by atoms with Gasteiger partial charge in [0.1, 0.15) is 0 Å². The van der Waals surface area contributed by atoms with Gasteiger partial charge in [-0.25, -0.2) is 0 Å². The molecule has 0 amide bonds. The summed E-state index contributed by atoms with van der Waals surface area (Å²) in [7, 11) is -0.669. The molecule has 3 N–H and O–H groups in total. The maximum atomic E-state index is 8.25. The van der Waals surface area contributed by atoms with Gasteiger partial charge in [-0.1, -0.05) is 0 Å². The average molecular weight is 134 g/mol. The number of aliphatic hydroxyl groups is 3. The first-order valence-corrected chi connectivity index (χ1v) is 4.16. The van der Waals surface area contributed by atoms with E-state index in [9.17, 15) is 0 Å². The first-order chi connectivity index (χ1) is 3.56. The Morgan fingerprint density at radius 1 is 1.50 bits per heavy atom. The standard InChI is InChI=1S/C4H10O3Si/c1-2-8-3-4(5,6)7/h2,5-7H,1,3,8H2. The fraction of sp³-hybridized carbons (Fsp3) is 0.500. The fourth-order valence-corrected chi connectivity index (χ4v) is 0.887. The normalized spacial score (nSPS) is 12.9. The summed E-state index contributed by atoms with van der Waals surface area (Å²) in [5.41, 5.74) is 1.64. The molecule has 0 bridgehead atoms. The molecule has 0 aromatic carbocycles. The van der Waals surface area contributed by atoms with Crippen molar-refractivity contribution in [3.63, 3.8) is 0 Å². The van der Waals surface area contributed by atoms with Crippen molar-refractivity contribution >= 4 is 9.52 Å². The van der Waals surface area contributed by atoms with E-state index in [2.05, 4.69) is 6.58 Å². The number of rotatable bonds is 3. The van der Waals surface area contributed by atoms with E-state index in [-0.39, 0.29) is 6.04 Å². The minimum Gasteiger partial charge on any atom is -0.344 e. The van der Waals surface area contributed by atoms with Crippen LogP contribution >= 0.6 is 0 Å². The Morgan fingerprint density at radius 2 is 2.00 bits per heavy atom. The van der Waals surface area contributed by atoms with E-state index < -0.39 is 15.5 Å². The summed E-state index contributed by atoms with van der Waals surface area (Å²) in [6.45, 7) is 3.39. The highest BCUT2D eigenvalue weighted by atomic mass is 28.2. The summed E-state index contributed by atoms with van der Waals surface area (Å²) < 4.78 is 0. The first kappa shape index (κ1) is 7.84. The molecule has 4 heteroatoms. The maximum Gasteiger partial charge on any atom is 0.272 e. The second kappa shape index (κ2) is 2.98. The Balaban J connectivity index is 3.24. The molecule has 0 heterocycles. The van der Waals surface area contributed by atoms with E-state index in [1.54, 1.807) is 5.70 Å². The summed E-state index contributed by atoms with van der Waals surface area (Å²) in [5, 5.41) is 24.7. The molecule has 0 aliphatic rings. The van der Waals surface area contributed by atoms with Crippen molar-refractivity contribution in [1.82, 2.24) is 0 Å². The van der Waals surface area contributed by atoms with Crippen molar-refractivity contribution in [2.24, 2.45) is 0 Å². The van der Waals surface area contributed by atoms with Gasteiger partial charge in [0.25, 0.3) is 5.97 Å². The average Bonchev–Trinajstić information content (AvgIpc) is 1.59. The molecular weight excluding hydrogens is 124 g/mol. The van der Waals surface area contributed by atoms with Gasteiger partial charge in [0.2, 0.25) is 0 Å². The molecule has 0 aliphatic carbocycles. The van der Waals surface area contributed by atoms with Crippen LogP contribution in [0, 0.1) is 0 Å². The summed E-state index contributed by atoms with van der Waals surface area (Å²) >= 11 is 0. The van der Waals surface area contributed by atoms with Crippen LogP contribution in [0.4, 0.5) is 0 Å². The van der Waals surface area contributed by atoms with Gasteiger partial charge < -0.3 is 15.3 Å². The highest BCUT2D eigenvalue weighted by molar-refractivity contribution is 6.41. The van der Waals surface area contributed by atoms with Crippen molar-refractivity contribution in [3.05, 3.63) is 12.3 Å². The molecule has 0 aromatic heterocycles. The summed E-state index contributed by atoms with van der Waals surface area (Å²) in [5.74, 6) is -2.46. The third-order valence-corrected chi connectivity index (χ3v) is 2.05. The molecule has 0 rings (SSSR count). The second-order valence-corrected chi connectivity index (χ2v) is 3.26. The van der Waals surface area contributed by atoms with E-state index in [0.717, 1.165) is 0 Å². The monoisotopic (exact) mass is 134 g/mol. The molecule has 0 spiro atoms. The van der Waals surface area contributed by atoms with Gasteiger partial charge in [0.15, 0.2) is 0 Å². The van der Waals surface area contributed by atoms with Crippen LogP contribution in [0.1, 0.15) is 0 Å². The van der Waals surface area contributed by atoms with Gasteiger partial charge >= 0.3 is 0 Å². The Labute approximate surface area is 50.1 Å². The summed E-state index contributed by atoms with van der Waals surface area (Å²) in [6.07, 6.45) is 0. The van der Waals surface area contributed by atoms with Crippen LogP contribution in [0.15, 0.2) is 12.3 Å². The van der Waals surface area contributed by atoms with Crippen molar-refractivity contribution in [2.45, 2.75) is 12.0 Å². The topological polar surface area (TPSA) is 60.7 Å². The van der Waals surface area contributed by atoms with Crippen LogP contribution < -0.4 is 0 Å². The Kier molecular flexibility index (Phi) is 2.92. The molecule has 0 unspecified atom stereocenters. The van der Waals surface area contributed by atoms with Crippen molar-refractivity contribution in [3.8, 4) is 0 Å². The van der Waals surface area contributed by atoms with Crippen LogP contribution in [0.25, 0.3) is 0 Å². The molecule has 3 nitrogen and oxygen atoms in total. The lowest BCUT2D eigenvalue weighted by molar-refractivity contribution is -0.296. The molecule has 8 heavy (non-hydrogen) atoms. The maximum absolute atomic E-state index is 8.25. The molecule has 0 aromatic rings. The second-order valence-electron chi connectivity index (χ2n) is 1.60. The zero-order valence-corrected chi connectivity index (χ0v) is 5.95. The minimum atomic E-state index is -2.46. The number of hydrogen-bond acceptors (Lipinski definition) is 3. The van der Waals surface area contributed by atoms with Crippen molar-refractivity contribution in [2.75, 3.05) is 0 Å². The van der Waals surface area contributed by atoms with Crippen molar-refractivity contribution in [1.29, 1.82) is 0 Å². The van der Waals surface area contributed by atoms with Gasteiger partial charge in [-0.2, -0.15) is 0 Å². The molecule has 0 radical (unpaired) electrons. The molecule has 0 fully saturated rings. The van der Waals surface area contributed by atoms with Crippen LogP contribution in [-0.4, -0.2) is 30.8 Å². The smallest absolute Gasteiger partial charge is 0.272 e. The third-order valence-electron chi connectivity index (χ3n) is 0.684. The van der Waals surface area contributed by atoms with E-state index in [1.807, 2.05) is 0 Å². The van der Waals surface area contributed by atoms with Gasteiger partial charge in [0, 0.05) is 6.04 Å². The Hall–Kier alpha value is -0.163. The number of hydrogen-bond donors (Lipinski definition) is 3. The molecule has 0 atom stereocenters. The zero-order chi connectivity index (χ0) is 6.62. The van der Waals surface area contributed by atoms with E-state index in [0.29, 0.717) is 0 Å². The van der Waals surface area contributed by atoms with Gasteiger partial charge in [0.05, 0.1) is 9.52 Å². The van der Waals surface area contributed by atoms with Crippen LogP contribution in [0.3, 0.4) is 0 Å². The first-order valence-electron chi connectivity index (χ1n) is 2.34. The van der Waals surface area contributed by atoms with Crippen LogP contribution in [0.5, 0.6) is 0 Å². The fourth-order valence-electron chi connectivity index (χ4n) is 0.296. The largest absolute Gasteiger partial charge is 0.344 e. The molecule has 0 saturated carbocycles. The summed E-state index contributed by atoms with van der Waals surface area (Å²) in [6, 6.07) is 0.0521. The van der Waals surface area contributed by atoms with Crippen molar-refractivity contribution < 1.29 is 15.3 Å². The molecule has 48 valence electrons. The molecule has 0 saturated heterocycles.